The minimum Gasteiger partial charge on any atom is -0.345 e. The second-order valence-corrected chi connectivity index (χ2v) is 8.18. The summed E-state index contributed by atoms with van der Waals surface area (Å²) in [6, 6.07) is 13.2. The average molecular weight is 496 g/mol. The monoisotopic (exact) mass is 496 g/mol. The molecule has 0 saturated carbocycles. The molecule has 0 fully saturated rings. The van der Waals surface area contributed by atoms with E-state index < -0.39 is 0 Å². The molecule has 0 spiro atoms. The summed E-state index contributed by atoms with van der Waals surface area (Å²) in [4.78, 5) is 38.8. The number of aromatic nitrogens is 1. The number of hydrogen-bond acceptors (Lipinski definition) is 3. The smallest absolute Gasteiger partial charge is 0.234 e. The number of halogens is 1. The van der Waals surface area contributed by atoms with Gasteiger partial charge in [0, 0.05) is 29.9 Å². The van der Waals surface area contributed by atoms with E-state index in [1.165, 1.54) is 11.1 Å². The molecule has 5 rings (SSSR count). The molecule has 5 nitrogen and oxygen atoms in total. The van der Waals surface area contributed by atoms with Crippen LogP contribution in [0.2, 0.25) is 0 Å². The summed E-state index contributed by atoms with van der Waals surface area (Å²) in [5, 5.41) is 2.76. The van der Waals surface area contributed by atoms with Crippen LogP contribution in [0, 0.1) is 0 Å². The van der Waals surface area contributed by atoms with Gasteiger partial charge in [0.05, 0.1) is 26.8 Å². The van der Waals surface area contributed by atoms with E-state index >= 15 is 0 Å². The summed E-state index contributed by atoms with van der Waals surface area (Å²) in [7, 11) is 0. The Morgan fingerprint density at radius 3 is 2.62 bits per heavy atom. The number of carbonyl (C=O) groups is 3. The van der Waals surface area contributed by atoms with Gasteiger partial charge in [-0.1, -0.05) is 65.9 Å². The number of nitrogens with zero attached hydrogens (tertiary/aromatic N) is 1. The first kappa shape index (κ1) is 18.3. The topological polar surface area (TPSA) is 68.2 Å². The molecule has 1 unspecified atom stereocenters. The van der Waals surface area contributed by atoms with Crippen LogP contribution in [0.15, 0.2) is 48.7 Å². The molecule has 29 heavy (non-hydrogen) atoms. The Bertz CT molecular complexity index is 1220. The highest BCUT2D eigenvalue weighted by Gasteiger charge is 2.39. The number of anilines is 1. The van der Waals surface area contributed by atoms with Crippen molar-refractivity contribution in [2.75, 3.05) is 9.74 Å². The summed E-state index contributed by atoms with van der Waals surface area (Å²) < 4.78 is 2.30. The first-order chi connectivity index (χ1) is 14.0. The third kappa shape index (κ3) is 2.62. The highest BCUT2D eigenvalue weighted by molar-refractivity contribution is 14.1. The molecule has 2 aliphatic rings. The van der Waals surface area contributed by atoms with Gasteiger partial charge in [-0.25, -0.2) is 0 Å². The summed E-state index contributed by atoms with van der Waals surface area (Å²) in [6.45, 7) is 2.71. The third-order valence-electron chi connectivity index (χ3n) is 5.80. The molecule has 1 amide bonds. The number of amides is 1. The lowest BCUT2D eigenvalue weighted by molar-refractivity contribution is -0.113. The molecule has 144 valence electrons. The van der Waals surface area contributed by atoms with E-state index in [0.717, 1.165) is 5.69 Å². The second-order valence-electron chi connectivity index (χ2n) is 7.42. The van der Waals surface area contributed by atoms with Gasteiger partial charge in [0.1, 0.15) is 0 Å². The molecule has 0 saturated heterocycles. The van der Waals surface area contributed by atoms with Crippen LogP contribution in [0.1, 0.15) is 61.5 Å². The molecule has 3 aromatic rings. The number of carbonyl (C=O) groups excluding carboxylic acids is 3. The van der Waals surface area contributed by atoms with Gasteiger partial charge in [0.15, 0.2) is 11.6 Å². The van der Waals surface area contributed by atoms with Gasteiger partial charge in [-0.05, 0) is 17.2 Å². The Morgan fingerprint density at radius 1 is 1.07 bits per heavy atom. The molecule has 1 aromatic heterocycles. The molecule has 1 aliphatic carbocycles. The molecule has 1 N–H and O–H groups in total. The van der Waals surface area contributed by atoms with Crippen molar-refractivity contribution in [3.8, 4) is 0 Å². The second kappa shape index (κ2) is 6.66. The molecule has 6 heteroatoms. The van der Waals surface area contributed by atoms with Crippen molar-refractivity contribution in [1.29, 1.82) is 0 Å². The fourth-order valence-electron chi connectivity index (χ4n) is 4.55. The molecule has 2 aromatic carbocycles. The molecule has 1 aliphatic heterocycles. The van der Waals surface area contributed by atoms with Crippen molar-refractivity contribution in [2.24, 2.45) is 0 Å². The predicted octanol–water partition coefficient (Wildman–Crippen LogP) is 4.15. The highest BCUT2D eigenvalue weighted by Crippen LogP contribution is 2.41. The molecular weight excluding hydrogens is 479 g/mol. The largest absolute Gasteiger partial charge is 0.345 e. The number of nitrogens with one attached hydrogen (secondary N) is 1. The minimum atomic E-state index is -0.211. The first-order valence-corrected chi connectivity index (χ1v) is 10.9. The number of hydrogen-bond donors (Lipinski definition) is 1. The Morgan fingerprint density at radius 2 is 1.83 bits per heavy atom. The van der Waals surface area contributed by atoms with Crippen LogP contribution < -0.4 is 5.32 Å². The van der Waals surface area contributed by atoms with Crippen LogP contribution in [0.5, 0.6) is 0 Å². The maximum absolute atomic E-state index is 13.5. The van der Waals surface area contributed by atoms with Gasteiger partial charge in [-0.15, -0.1) is 0 Å². The van der Waals surface area contributed by atoms with Crippen LogP contribution in [0.4, 0.5) is 5.69 Å². The van der Waals surface area contributed by atoms with Gasteiger partial charge in [0.2, 0.25) is 5.91 Å². The van der Waals surface area contributed by atoms with E-state index in [2.05, 4.69) is 24.4 Å². The summed E-state index contributed by atoms with van der Waals surface area (Å²) in [5.74, 6) is -0.550. The number of ketones is 2. The standard InChI is InChI=1S/C23H17IN2O3/c1-12-14-6-3-2-5-13(14)10-26-11-16-20(21(12)26)22(28)15-7-4-8-17(19(15)23(16)29)25-18(27)9-24/h2-8,11-12H,9-10H2,1H3,(H,25,27). The first-order valence-electron chi connectivity index (χ1n) is 9.40. The van der Waals surface area contributed by atoms with Crippen molar-refractivity contribution in [2.45, 2.75) is 19.4 Å². The predicted molar refractivity (Wildman–Crippen MR) is 118 cm³/mol. The number of rotatable bonds is 2. The third-order valence-corrected chi connectivity index (χ3v) is 6.49. The lowest BCUT2D eigenvalue weighted by Crippen LogP contribution is -2.25. The van der Waals surface area contributed by atoms with Crippen LogP contribution in [-0.4, -0.2) is 26.5 Å². The fraction of sp³-hybridized carbons (Fsp3) is 0.174. The summed E-state index contributed by atoms with van der Waals surface area (Å²) in [6.07, 6.45) is 1.80. The fourth-order valence-corrected chi connectivity index (χ4v) is 4.74. The maximum atomic E-state index is 13.5. The van der Waals surface area contributed by atoms with E-state index in [1.54, 1.807) is 24.4 Å². The van der Waals surface area contributed by atoms with Gasteiger partial charge in [-0.2, -0.15) is 0 Å². The molecule has 0 bridgehead atoms. The van der Waals surface area contributed by atoms with Crippen molar-refractivity contribution >= 4 is 45.8 Å². The van der Waals surface area contributed by atoms with Gasteiger partial charge in [0.25, 0.3) is 0 Å². The Kier molecular flexibility index (Phi) is 4.20. The van der Waals surface area contributed by atoms with Crippen LogP contribution in [0.25, 0.3) is 0 Å². The summed E-state index contributed by atoms with van der Waals surface area (Å²) in [5.41, 5.74) is 5.25. The van der Waals surface area contributed by atoms with E-state index in [-0.39, 0.29) is 33.4 Å². The molecule has 0 radical (unpaired) electrons. The molecule has 1 atom stereocenters. The SMILES string of the molecule is CC1c2ccccc2Cn2cc3c(c21)C(=O)c1cccc(NC(=O)CI)c1C3=O. The number of fused-ring (bicyclic) bond motifs is 5. The van der Waals surface area contributed by atoms with Gasteiger partial charge >= 0.3 is 0 Å². The number of alkyl halides is 1. The number of benzene rings is 2. The quantitative estimate of drug-likeness (QED) is 0.335. The van der Waals surface area contributed by atoms with Gasteiger partial charge in [-0.3, -0.25) is 14.4 Å². The lowest BCUT2D eigenvalue weighted by Gasteiger charge is -2.27. The van der Waals surface area contributed by atoms with E-state index in [9.17, 15) is 14.4 Å². The van der Waals surface area contributed by atoms with Crippen molar-refractivity contribution < 1.29 is 14.4 Å². The maximum Gasteiger partial charge on any atom is 0.234 e. The normalized spacial score (nSPS) is 16.6. The van der Waals surface area contributed by atoms with Crippen LogP contribution in [-0.2, 0) is 11.3 Å². The van der Waals surface area contributed by atoms with Crippen molar-refractivity contribution in [3.05, 3.63) is 87.7 Å². The van der Waals surface area contributed by atoms with Crippen molar-refractivity contribution in [1.82, 2.24) is 4.57 Å². The lowest BCUT2D eigenvalue weighted by atomic mass is 9.80. The van der Waals surface area contributed by atoms with E-state index in [1.807, 2.05) is 39.3 Å². The van der Waals surface area contributed by atoms with Gasteiger partial charge < -0.3 is 9.88 Å². The van der Waals surface area contributed by atoms with Crippen LogP contribution >= 0.6 is 22.6 Å². The zero-order chi connectivity index (χ0) is 20.3. The highest BCUT2D eigenvalue weighted by atomic mass is 127. The molecular formula is C23H17IN2O3. The average Bonchev–Trinajstić information content (AvgIpc) is 3.12. The summed E-state index contributed by atoms with van der Waals surface area (Å²) >= 11 is 1.97. The molecule has 2 heterocycles. The Hall–Kier alpha value is -2.74. The Balaban J connectivity index is 1.68. The van der Waals surface area contributed by atoms with Crippen molar-refractivity contribution in [3.63, 3.8) is 0 Å². The zero-order valence-corrected chi connectivity index (χ0v) is 17.8. The van der Waals surface area contributed by atoms with Crippen LogP contribution in [0.3, 0.4) is 0 Å². The zero-order valence-electron chi connectivity index (χ0n) is 15.7. The van der Waals surface area contributed by atoms with E-state index in [0.29, 0.717) is 28.9 Å². The van der Waals surface area contributed by atoms with E-state index in [4.69, 9.17) is 0 Å². The Labute approximate surface area is 181 Å². The minimum absolute atomic E-state index is 0.0175.